The third kappa shape index (κ3) is 7.50. The van der Waals surface area contributed by atoms with Crippen LogP contribution < -0.4 is 15.6 Å². The second kappa shape index (κ2) is 10.3. The first-order chi connectivity index (χ1) is 10.9. The minimum absolute atomic E-state index is 0.178. The molecule has 2 amide bonds. The second-order valence-electron chi connectivity index (χ2n) is 5.81. The van der Waals surface area contributed by atoms with E-state index in [-0.39, 0.29) is 11.8 Å². The van der Waals surface area contributed by atoms with Crippen LogP contribution in [0.15, 0.2) is 22.7 Å². The fourth-order valence-electron chi connectivity index (χ4n) is 1.81. The fourth-order valence-corrected chi connectivity index (χ4v) is 2.31. The average molecular weight is 385 g/mol. The smallest absolute Gasteiger partial charge is 0.269 e. The highest BCUT2D eigenvalue weighted by Crippen LogP contribution is 2.26. The molecule has 6 heteroatoms. The van der Waals surface area contributed by atoms with Crippen LogP contribution in [0.4, 0.5) is 0 Å². The number of carbonyl (C=O) groups is 2. The zero-order valence-corrected chi connectivity index (χ0v) is 15.5. The Morgan fingerprint density at radius 1 is 1.22 bits per heavy atom. The van der Waals surface area contributed by atoms with Gasteiger partial charge in [0, 0.05) is 12.0 Å². The van der Waals surface area contributed by atoms with Crippen LogP contribution in [0.25, 0.3) is 0 Å². The molecule has 0 saturated carbocycles. The van der Waals surface area contributed by atoms with Gasteiger partial charge in [0.2, 0.25) is 5.91 Å². The van der Waals surface area contributed by atoms with Crippen molar-refractivity contribution in [3.63, 3.8) is 0 Å². The number of nitrogens with one attached hydrogen (secondary N) is 2. The van der Waals surface area contributed by atoms with Crippen molar-refractivity contribution >= 4 is 27.7 Å². The van der Waals surface area contributed by atoms with Gasteiger partial charge < -0.3 is 4.74 Å². The summed E-state index contributed by atoms with van der Waals surface area (Å²) in [4.78, 5) is 23.6. The molecule has 0 bridgehead atoms. The van der Waals surface area contributed by atoms with E-state index in [1.54, 1.807) is 18.2 Å². The van der Waals surface area contributed by atoms with E-state index in [1.165, 1.54) is 0 Å². The minimum atomic E-state index is -0.357. The van der Waals surface area contributed by atoms with Gasteiger partial charge in [-0.1, -0.05) is 33.6 Å². The lowest BCUT2D eigenvalue weighted by Gasteiger charge is -2.12. The van der Waals surface area contributed by atoms with E-state index in [1.807, 2.05) is 0 Å². The summed E-state index contributed by atoms with van der Waals surface area (Å²) in [5.41, 5.74) is 5.30. The number of ether oxygens (including phenoxy) is 1. The van der Waals surface area contributed by atoms with E-state index in [2.05, 4.69) is 47.6 Å². The summed E-state index contributed by atoms with van der Waals surface area (Å²) in [6.45, 7) is 6.82. The maximum Gasteiger partial charge on any atom is 0.269 e. The highest BCUT2D eigenvalue weighted by Gasteiger charge is 2.10. The Balaban J connectivity index is 2.50. The summed E-state index contributed by atoms with van der Waals surface area (Å²) < 4.78 is 6.35. The lowest BCUT2D eigenvalue weighted by atomic mass is 10.2. The van der Waals surface area contributed by atoms with Crippen molar-refractivity contribution in [2.24, 2.45) is 5.92 Å². The van der Waals surface area contributed by atoms with Gasteiger partial charge >= 0.3 is 0 Å². The van der Waals surface area contributed by atoms with Crippen molar-refractivity contribution in [2.75, 3.05) is 6.61 Å². The quantitative estimate of drug-likeness (QED) is 0.528. The zero-order chi connectivity index (χ0) is 17.2. The first-order valence-corrected chi connectivity index (χ1v) is 8.74. The largest absolute Gasteiger partial charge is 0.492 e. The van der Waals surface area contributed by atoms with E-state index in [9.17, 15) is 9.59 Å². The molecule has 128 valence electrons. The van der Waals surface area contributed by atoms with E-state index < -0.39 is 0 Å². The first kappa shape index (κ1) is 19.5. The summed E-state index contributed by atoms with van der Waals surface area (Å²) in [5, 5.41) is 0. The number of unbranched alkanes of at least 4 members (excludes halogenated alkanes) is 2. The second-order valence-corrected chi connectivity index (χ2v) is 6.66. The molecule has 0 radical (unpaired) electrons. The number of hydrogen-bond donors (Lipinski definition) is 2. The number of hydrogen-bond acceptors (Lipinski definition) is 3. The van der Waals surface area contributed by atoms with Crippen LogP contribution in [0.1, 0.15) is 56.8 Å². The number of hydrazine groups is 1. The third-order valence-corrected chi connectivity index (χ3v) is 3.71. The van der Waals surface area contributed by atoms with Crippen LogP contribution in [0.3, 0.4) is 0 Å². The molecule has 1 aromatic rings. The lowest BCUT2D eigenvalue weighted by molar-refractivity contribution is -0.121. The maximum atomic E-state index is 12.0. The summed E-state index contributed by atoms with van der Waals surface area (Å²) in [6, 6.07) is 5.08. The third-order valence-electron chi connectivity index (χ3n) is 3.09. The van der Waals surface area contributed by atoms with Crippen molar-refractivity contribution in [3.8, 4) is 5.75 Å². The molecule has 0 aromatic heterocycles. The summed E-state index contributed by atoms with van der Waals surface area (Å²) in [6.07, 6.45) is 3.30. The molecule has 0 aliphatic rings. The van der Waals surface area contributed by atoms with Crippen LogP contribution in [-0.4, -0.2) is 18.4 Å². The number of amides is 2. The average Bonchev–Trinajstić information content (AvgIpc) is 2.51. The van der Waals surface area contributed by atoms with Crippen LogP contribution in [0.2, 0.25) is 0 Å². The summed E-state index contributed by atoms with van der Waals surface area (Å²) in [5.74, 6) is 0.583. The zero-order valence-electron chi connectivity index (χ0n) is 13.9. The number of carbonyl (C=O) groups excluding carboxylic acids is 2. The molecule has 0 unspecified atom stereocenters. The SMILES string of the molecule is CCCCCC(=O)NNC(=O)c1ccc(OCC(C)C)c(Br)c1. The molecule has 23 heavy (non-hydrogen) atoms. The predicted molar refractivity (Wildman–Crippen MR) is 94.2 cm³/mol. The number of benzene rings is 1. The van der Waals surface area contributed by atoms with Crippen molar-refractivity contribution in [1.29, 1.82) is 0 Å². The number of rotatable bonds is 8. The van der Waals surface area contributed by atoms with Crippen molar-refractivity contribution < 1.29 is 14.3 Å². The molecule has 0 heterocycles. The Kier molecular flexibility index (Phi) is 8.69. The Morgan fingerprint density at radius 3 is 2.57 bits per heavy atom. The van der Waals surface area contributed by atoms with Gasteiger partial charge in [-0.2, -0.15) is 0 Å². The fraction of sp³-hybridized carbons (Fsp3) is 0.529. The molecule has 0 atom stereocenters. The Labute approximate surface area is 146 Å². The van der Waals surface area contributed by atoms with Crippen LogP contribution in [-0.2, 0) is 4.79 Å². The summed E-state index contributed by atoms with van der Waals surface area (Å²) in [7, 11) is 0. The Hall–Kier alpha value is -1.56. The first-order valence-electron chi connectivity index (χ1n) is 7.95. The van der Waals surface area contributed by atoms with Crippen LogP contribution in [0, 0.1) is 5.92 Å². The maximum absolute atomic E-state index is 12.0. The van der Waals surface area contributed by atoms with Crippen molar-refractivity contribution in [3.05, 3.63) is 28.2 Å². The molecule has 0 aliphatic heterocycles. The highest BCUT2D eigenvalue weighted by molar-refractivity contribution is 9.10. The van der Waals surface area contributed by atoms with E-state index in [0.717, 1.165) is 19.3 Å². The molecule has 5 nitrogen and oxygen atoms in total. The van der Waals surface area contributed by atoms with Gasteiger partial charge in [0.1, 0.15) is 5.75 Å². The molecule has 1 rings (SSSR count). The number of halogens is 1. The van der Waals surface area contributed by atoms with E-state index in [4.69, 9.17) is 4.74 Å². The molecule has 2 N–H and O–H groups in total. The minimum Gasteiger partial charge on any atom is -0.492 e. The molecule has 1 aromatic carbocycles. The molecule has 0 aliphatic carbocycles. The molecule has 0 saturated heterocycles. The molecule has 0 fully saturated rings. The van der Waals surface area contributed by atoms with Gasteiger partial charge in [0.15, 0.2) is 0 Å². The standard InChI is InChI=1S/C17H25BrN2O3/c1-4-5-6-7-16(21)19-20-17(22)13-8-9-15(14(18)10-13)23-11-12(2)3/h8-10,12H,4-7,11H2,1-3H3,(H,19,21)(H,20,22). The lowest BCUT2D eigenvalue weighted by Crippen LogP contribution is -2.41. The molecular formula is C17H25BrN2O3. The van der Waals surface area contributed by atoms with Gasteiger partial charge in [0.05, 0.1) is 11.1 Å². The summed E-state index contributed by atoms with van der Waals surface area (Å²) >= 11 is 3.40. The Bertz CT molecular complexity index is 533. The topological polar surface area (TPSA) is 67.4 Å². The van der Waals surface area contributed by atoms with Gasteiger partial charge in [-0.3, -0.25) is 20.4 Å². The highest BCUT2D eigenvalue weighted by atomic mass is 79.9. The van der Waals surface area contributed by atoms with Gasteiger partial charge in [-0.15, -0.1) is 0 Å². The monoisotopic (exact) mass is 384 g/mol. The molecular weight excluding hydrogens is 360 g/mol. The van der Waals surface area contributed by atoms with Gasteiger partial charge in [-0.25, -0.2) is 0 Å². The van der Waals surface area contributed by atoms with Gasteiger partial charge in [-0.05, 0) is 46.5 Å². The molecule has 0 spiro atoms. The van der Waals surface area contributed by atoms with Crippen LogP contribution in [0.5, 0.6) is 5.75 Å². The van der Waals surface area contributed by atoms with E-state index in [0.29, 0.717) is 34.7 Å². The van der Waals surface area contributed by atoms with E-state index >= 15 is 0 Å². The normalized spacial score (nSPS) is 10.5. The predicted octanol–water partition coefficient (Wildman–Crippen LogP) is 3.83. The van der Waals surface area contributed by atoms with Crippen LogP contribution >= 0.6 is 15.9 Å². The Morgan fingerprint density at radius 2 is 1.96 bits per heavy atom. The van der Waals surface area contributed by atoms with Crippen molar-refractivity contribution in [1.82, 2.24) is 10.9 Å². The van der Waals surface area contributed by atoms with Crippen molar-refractivity contribution in [2.45, 2.75) is 46.5 Å². The van der Waals surface area contributed by atoms with Gasteiger partial charge in [0.25, 0.3) is 5.91 Å².